The third-order valence-electron chi connectivity index (χ3n) is 4.14. The fourth-order valence-corrected chi connectivity index (χ4v) is 4.53. The molecule has 11 heteroatoms. The smallest absolute Gasteiger partial charge is 0.196 e. The molecule has 0 saturated carbocycles. The summed E-state index contributed by atoms with van der Waals surface area (Å²) >= 11 is 14.8. The average molecular weight is 494 g/mol. The number of ether oxygens (including phenoxy) is 2. The van der Waals surface area contributed by atoms with E-state index < -0.39 is 0 Å². The molecule has 0 aliphatic heterocycles. The predicted molar refractivity (Wildman–Crippen MR) is 123 cm³/mol. The number of hydrogen-bond donors (Lipinski definition) is 0. The lowest BCUT2D eigenvalue weighted by Gasteiger charge is -2.11. The maximum absolute atomic E-state index is 6.13. The highest BCUT2D eigenvalue weighted by Crippen LogP contribution is 2.29. The van der Waals surface area contributed by atoms with Crippen LogP contribution in [-0.4, -0.2) is 31.0 Å². The standard InChI is InChI=1S/C20H17Cl2N5O2S2/c1-2-28-15-7-9-16(10-8-15)29-11-18-24-25-20(30-12-17-19(22)31-26-23-17)27(18)14-5-3-13(21)4-6-14/h3-10H,2,11-12H2,1H3. The zero-order chi connectivity index (χ0) is 21.6. The molecule has 0 fully saturated rings. The molecule has 0 aliphatic carbocycles. The molecule has 2 aromatic heterocycles. The molecular formula is C20H17Cl2N5O2S2. The zero-order valence-corrected chi connectivity index (χ0v) is 19.5. The van der Waals surface area contributed by atoms with Crippen molar-refractivity contribution in [1.29, 1.82) is 0 Å². The molecule has 0 saturated heterocycles. The van der Waals surface area contributed by atoms with Gasteiger partial charge in [0.05, 0.1) is 6.61 Å². The molecule has 7 nitrogen and oxygen atoms in total. The monoisotopic (exact) mass is 493 g/mol. The number of rotatable bonds is 9. The third kappa shape index (κ3) is 5.48. The van der Waals surface area contributed by atoms with E-state index in [9.17, 15) is 0 Å². The molecule has 0 N–H and O–H groups in total. The SMILES string of the molecule is CCOc1ccc(OCc2nnc(SCc3nnsc3Cl)n2-c2ccc(Cl)cc2)cc1. The Morgan fingerprint density at radius 3 is 2.29 bits per heavy atom. The predicted octanol–water partition coefficient (Wildman–Crippen LogP) is 5.70. The topological polar surface area (TPSA) is 75.0 Å². The summed E-state index contributed by atoms with van der Waals surface area (Å²) in [7, 11) is 0. The summed E-state index contributed by atoms with van der Waals surface area (Å²) in [6, 6.07) is 14.9. The Labute approximate surface area is 197 Å². The van der Waals surface area contributed by atoms with Crippen LogP contribution in [0.2, 0.25) is 9.36 Å². The number of nitrogens with zero attached hydrogens (tertiary/aromatic N) is 5. The van der Waals surface area contributed by atoms with Crippen molar-refractivity contribution in [3.8, 4) is 17.2 Å². The van der Waals surface area contributed by atoms with Gasteiger partial charge in [-0.1, -0.05) is 39.5 Å². The van der Waals surface area contributed by atoms with Crippen molar-refractivity contribution < 1.29 is 9.47 Å². The highest BCUT2D eigenvalue weighted by Gasteiger charge is 2.17. The van der Waals surface area contributed by atoms with E-state index in [-0.39, 0.29) is 6.61 Å². The Kier molecular flexibility index (Phi) is 7.29. The Bertz CT molecular complexity index is 1130. The van der Waals surface area contributed by atoms with E-state index in [1.807, 2.05) is 60.0 Å². The molecule has 0 atom stereocenters. The largest absolute Gasteiger partial charge is 0.494 e. The molecule has 0 amide bonds. The van der Waals surface area contributed by atoms with Gasteiger partial charge in [-0.15, -0.1) is 15.3 Å². The van der Waals surface area contributed by atoms with Crippen LogP contribution in [0.5, 0.6) is 11.5 Å². The van der Waals surface area contributed by atoms with Crippen LogP contribution < -0.4 is 9.47 Å². The van der Waals surface area contributed by atoms with Crippen molar-refractivity contribution in [3.05, 3.63) is 69.4 Å². The second-order valence-electron chi connectivity index (χ2n) is 6.19. The first-order valence-electron chi connectivity index (χ1n) is 9.29. The van der Waals surface area contributed by atoms with Gasteiger partial charge in [0.25, 0.3) is 0 Å². The number of hydrogen-bond acceptors (Lipinski definition) is 8. The van der Waals surface area contributed by atoms with E-state index in [0.29, 0.717) is 38.4 Å². The first-order valence-corrected chi connectivity index (χ1v) is 11.8. The van der Waals surface area contributed by atoms with E-state index in [1.165, 1.54) is 11.8 Å². The number of aromatic nitrogens is 5. The fraction of sp³-hybridized carbons (Fsp3) is 0.200. The van der Waals surface area contributed by atoms with Crippen LogP contribution in [0.3, 0.4) is 0 Å². The number of thioether (sulfide) groups is 1. The quantitative estimate of drug-likeness (QED) is 0.277. The van der Waals surface area contributed by atoms with Crippen LogP contribution in [0.25, 0.3) is 5.69 Å². The highest BCUT2D eigenvalue weighted by atomic mass is 35.5. The molecule has 2 heterocycles. The number of halogens is 2. The molecule has 0 radical (unpaired) electrons. The van der Waals surface area contributed by atoms with Crippen LogP contribution in [-0.2, 0) is 12.4 Å². The molecular weight excluding hydrogens is 477 g/mol. The van der Waals surface area contributed by atoms with Gasteiger partial charge in [-0.05, 0) is 55.5 Å². The highest BCUT2D eigenvalue weighted by molar-refractivity contribution is 7.98. The summed E-state index contributed by atoms with van der Waals surface area (Å²) in [4.78, 5) is 0. The Morgan fingerprint density at radius 1 is 0.935 bits per heavy atom. The second kappa shape index (κ2) is 10.3. The van der Waals surface area contributed by atoms with Crippen molar-refractivity contribution in [2.24, 2.45) is 0 Å². The lowest BCUT2D eigenvalue weighted by molar-refractivity contribution is 0.291. The van der Waals surface area contributed by atoms with E-state index in [0.717, 1.165) is 28.7 Å². The van der Waals surface area contributed by atoms with Gasteiger partial charge in [0.1, 0.15) is 28.1 Å². The summed E-state index contributed by atoms with van der Waals surface area (Å²) in [5.74, 6) is 2.69. The fourth-order valence-electron chi connectivity index (χ4n) is 2.70. The number of benzene rings is 2. The molecule has 160 valence electrons. The molecule has 0 spiro atoms. The lowest BCUT2D eigenvalue weighted by atomic mass is 10.3. The average Bonchev–Trinajstić information content (AvgIpc) is 3.38. The van der Waals surface area contributed by atoms with Gasteiger partial charge >= 0.3 is 0 Å². The van der Waals surface area contributed by atoms with Crippen molar-refractivity contribution in [3.63, 3.8) is 0 Å². The third-order valence-corrected chi connectivity index (χ3v) is 6.31. The molecule has 0 unspecified atom stereocenters. The van der Waals surface area contributed by atoms with Gasteiger partial charge in [0, 0.05) is 28.0 Å². The maximum atomic E-state index is 6.13. The minimum atomic E-state index is 0.239. The van der Waals surface area contributed by atoms with Gasteiger partial charge in [0.15, 0.2) is 11.0 Å². The first kappa shape index (κ1) is 21.9. The molecule has 0 bridgehead atoms. The van der Waals surface area contributed by atoms with Gasteiger partial charge in [-0.2, -0.15) is 0 Å². The van der Waals surface area contributed by atoms with Crippen LogP contribution >= 0.6 is 46.5 Å². The van der Waals surface area contributed by atoms with E-state index in [4.69, 9.17) is 32.7 Å². The van der Waals surface area contributed by atoms with E-state index in [1.54, 1.807) is 0 Å². The summed E-state index contributed by atoms with van der Waals surface area (Å²) in [5.41, 5.74) is 1.60. The van der Waals surface area contributed by atoms with Crippen molar-refractivity contribution in [2.45, 2.75) is 24.4 Å². The Hall–Kier alpha value is -2.33. The maximum Gasteiger partial charge on any atom is 0.196 e. The van der Waals surface area contributed by atoms with E-state index in [2.05, 4.69) is 19.8 Å². The summed E-state index contributed by atoms with van der Waals surface area (Å²) in [6.45, 7) is 2.80. The van der Waals surface area contributed by atoms with Crippen molar-refractivity contribution in [2.75, 3.05) is 6.61 Å². The molecule has 4 aromatic rings. The minimum Gasteiger partial charge on any atom is -0.494 e. The van der Waals surface area contributed by atoms with Crippen LogP contribution in [0.4, 0.5) is 0 Å². The zero-order valence-electron chi connectivity index (χ0n) is 16.4. The summed E-state index contributed by atoms with van der Waals surface area (Å²) in [6.07, 6.45) is 0. The van der Waals surface area contributed by atoms with Crippen LogP contribution in [0.1, 0.15) is 18.4 Å². The van der Waals surface area contributed by atoms with Crippen LogP contribution in [0.15, 0.2) is 53.7 Å². The Balaban J connectivity index is 1.55. The first-order chi connectivity index (χ1) is 15.1. The molecule has 2 aromatic carbocycles. The second-order valence-corrected chi connectivity index (χ2v) is 8.92. The molecule has 4 rings (SSSR count). The van der Waals surface area contributed by atoms with Gasteiger partial charge in [-0.25, -0.2) is 0 Å². The lowest BCUT2D eigenvalue weighted by Crippen LogP contribution is -2.06. The van der Waals surface area contributed by atoms with Crippen LogP contribution in [0, 0.1) is 0 Å². The van der Waals surface area contributed by atoms with Gasteiger partial charge in [-0.3, -0.25) is 4.57 Å². The summed E-state index contributed by atoms with van der Waals surface area (Å²) in [5, 5.41) is 14.1. The minimum absolute atomic E-state index is 0.239. The van der Waals surface area contributed by atoms with Gasteiger partial charge < -0.3 is 9.47 Å². The Morgan fingerprint density at radius 2 is 1.65 bits per heavy atom. The van der Waals surface area contributed by atoms with E-state index >= 15 is 0 Å². The molecule has 0 aliphatic rings. The van der Waals surface area contributed by atoms with Gasteiger partial charge in [0.2, 0.25) is 0 Å². The summed E-state index contributed by atoms with van der Waals surface area (Å²) < 4.78 is 17.8. The van der Waals surface area contributed by atoms with Crippen molar-refractivity contribution in [1.82, 2.24) is 24.4 Å². The normalized spacial score (nSPS) is 10.9. The molecule has 31 heavy (non-hydrogen) atoms. The van der Waals surface area contributed by atoms with Crippen molar-refractivity contribution >= 4 is 46.5 Å².